The van der Waals surface area contributed by atoms with Gasteiger partial charge in [0.05, 0.1) is 0 Å². The molecule has 2 aliphatic rings. The molecule has 0 spiro atoms. The summed E-state index contributed by atoms with van der Waals surface area (Å²) in [5, 5.41) is 0. The summed E-state index contributed by atoms with van der Waals surface area (Å²) in [6.07, 6.45) is 15.1. The Kier molecular flexibility index (Phi) is 7.13. The van der Waals surface area contributed by atoms with Crippen molar-refractivity contribution >= 4 is 11.6 Å². The van der Waals surface area contributed by atoms with Gasteiger partial charge in [-0.1, -0.05) is 107 Å². The van der Waals surface area contributed by atoms with Gasteiger partial charge in [-0.05, 0) is 71.3 Å². The third-order valence-electron chi connectivity index (χ3n) is 8.02. The van der Waals surface area contributed by atoms with Crippen LogP contribution in [-0.4, -0.2) is 0 Å². The molecule has 0 aliphatic heterocycles. The second-order valence-electron chi connectivity index (χ2n) is 10.0. The Morgan fingerprint density at radius 2 is 1.70 bits per heavy atom. The van der Waals surface area contributed by atoms with Gasteiger partial charge in [0, 0.05) is 5.92 Å². The summed E-state index contributed by atoms with van der Waals surface area (Å²) in [7, 11) is 0. The van der Waals surface area contributed by atoms with E-state index in [1.54, 1.807) is 5.56 Å². The Morgan fingerprint density at radius 3 is 2.47 bits per heavy atom. The average molecular weight is 401 g/mol. The summed E-state index contributed by atoms with van der Waals surface area (Å²) in [5.41, 5.74) is 7.38. The zero-order chi connectivity index (χ0) is 20.9. The molecule has 0 unspecified atom stereocenters. The average Bonchev–Trinajstić information content (AvgIpc) is 3.13. The van der Waals surface area contributed by atoms with Crippen LogP contribution in [0, 0.1) is 11.8 Å². The van der Waals surface area contributed by atoms with Crippen LogP contribution in [0.15, 0.2) is 48.5 Å². The fourth-order valence-electron chi connectivity index (χ4n) is 5.95. The van der Waals surface area contributed by atoms with Crippen LogP contribution in [0.2, 0.25) is 0 Å². The van der Waals surface area contributed by atoms with Crippen LogP contribution >= 0.6 is 0 Å². The largest absolute Gasteiger partial charge is 0.0654 e. The van der Waals surface area contributed by atoms with Gasteiger partial charge in [-0.2, -0.15) is 0 Å². The molecule has 1 fully saturated rings. The zero-order valence-electron chi connectivity index (χ0n) is 19.4. The van der Waals surface area contributed by atoms with Gasteiger partial charge in [0.2, 0.25) is 0 Å². The van der Waals surface area contributed by atoms with Gasteiger partial charge in [-0.25, -0.2) is 0 Å². The SMILES string of the molecule is CCCCCC[C@H](C)C1CCC(c2cccc(C3=Cc4ccccc4[C@H]3C)c2)CC1. The minimum atomic E-state index is 0.501. The van der Waals surface area contributed by atoms with Crippen LogP contribution in [0.1, 0.15) is 113 Å². The summed E-state index contributed by atoms with van der Waals surface area (Å²) in [4.78, 5) is 0. The van der Waals surface area contributed by atoms with Gasteiger partial charge < -0.3 is 0 Å². The maximum atomic E-state index is 2.52. The second-order valence-corrected chi connectivity index (χ2v) is 10.0. The van der Waals surface area contributed by atoms with Crippen molar-refractivity contribution in [1.82, 2.24) is 0 Å². The molecule has 2 atom stereocenters. The molecule has 2 aromatic carbocycles. The lowest BCUT2D eigenvalue weighted by Gasteiger charge is -2.33. The Bertz CT molecular complexity index is 850. The molecule has 2 aliphatic carbocycles. The third-order valence-corrected chi connectivity index (χ3v) is 8.02. The Labute approximate surface area is 184 Å². The highest BCUT2D eigenvalue weighted by Gasteiger charge is 2.27. The van der Waals surface area contributed by atoms with Crippen LogP contribution in [0.5, 0.6) is 0 Å². The summed E-state index contributed by atoms with van der Waals surface area (Å²) < 4.78 is 0. The van der Waals surface area contributed by atoms with Crippen molar-refractivity contribution in [3.8, 4) is 0 Å². The molecule has 4 rings (SSSR count). The van der Waals surface area contributed by atoms with Crippen molar-refractivity contribution in [2.24, 2.45) is 11.8 Å². The van der Waals surface area contributed by atoms with Gasteiger partial charge in [-0.3, -0.25) is 0 Å². The fraction of sp³-hybridized carbons (Fsp3) is 0.533. The molecule has 1 saturated carbocycles. The lowest BCUT2D eigenvalue weighted by atomic mass is 9.73. The summed E-state index contributed by atoms with van der Waals surface area (Å²) in [6, 6.07) is 18.4. The van der Waals surface area contributed by atoms with Crippen molar-refractivity contribution in [2.75, 3.05) is 0 Å². The molecule has 0 saturated heterocycles. The third kappa shape index (κ3) is 4.74. The van der Waals surface area contributed by atoms with E-state index in [0.29, 0.717) is 5.92 Å². The van der Waals surface area contributed by atoms with Crippen LogP contribution in [0.25, 0.3) is 11.6 Å². The van der Waals surface area contributed by atoms with Crippen LogP contribution in [0.3, 0.4) is 0 Å². The monoisotopic (exact) mass is 400 g/mol. The van der Waals surface area contributed by atoms with E-state index in [0.717, 1.165) is 17.8 Å². The van der Waals surface area contributed by atoms with Crippen molar-refractivity contribution in [2.45, 2.75) is 90.4 Å². The molecule has 30 heavy (non-hydrogen) atoms. The number of unbranched alkanes of at least 4 members (excludes halogenated alkanes) is 3. The van der Waals surface area contributed by atoms with Gasteiger partial charge in [0.15, 0.2) is 0 Å². The van der Waals surface area contributed by atoms with E-state index in [1.807, 2.05) is 0 Å². The van der Waals surface area contributed by atoms with Crippen LogP contribution in [-0.2, 0) is 0 Å². The lowest BCUT2D eigenvalue weighted by Crippen LogP contribution is -2.19. The van der Waals surface area contributed by atoms with Crippen molar-refractivity contribution in [1.29, 1.82) is 0 Å². The predicted octanol–water partition coefficient (Wildman–Crippen LogP) is 9.22. The zero-order valence-corrected chi connectivity index (χ0v) is 19.4. The Morgan fingerprint density at radius 1 is 0.900 bits per heavy atom. The molecule has 0 heteroatoms. The van der Waals surface area contributed by atoms with Gasteiger partial charge >= 0.3 is 0 Å². The summed E-state index contributed by atoms with van der Waals surface area (Å²) in [6.45, 7) is 7.18. The highest BCUT2D eigenvalue weighted by atomic mass is 14.3. The van der Waals surface area contributed by atoms with Crippen LogP contribution in [0.4, 0.5) is 0 Å². The standard InChI is InChI=1S/C30H40/c1-4-5-6-7-11-22(2)24-16-18-25(19-17-24)26-13-10-14-27(20-26)30-21-28-12-8-9-15-29(28)23(30)3/h8-10,12-15,20-25H,4-7,11,16-19H2,1-3H3/t22-,23+,24?,25?/m0/s1. The fourth-order valence-corrected chi connectivity index (χ4v) is 5.95. The molecule has 2 aromatic rings. The lowest BCUT2D eigenvalue weighted by molar-refractivity contribution is 0.231. The molecule has 0 amide bonds. The molecular formula is C30H40. The van der Waals surface area contributed by atoms with Crippen molar-refractivity contribution in [3.05, 3.63) is 70.8 Å². The number of benzene rings is 2. The van der Waals surface area contributed by atoms with E-state index in [4.69, 9.17) is 0 Å². The van der Waals surface area contributed by atoms with Crippen LogP contribution < -0.4 is 0 Å². The first-order chi connectivity index (χ1) is 14.7. The first-order valence-corrected chi connectivity index (χ1v) is 12.6. The number of rotatable bonds is 8. The number of hydrogen-bond donors (Lipinski definition) is 0. The maximum absolute atomic E-state index is 2.52. The van der Waals surface area contributed by atoms with Gasteiger partial charge in [-0.15, -0.1) is 0 Å². The number of fused-ring (bicyclic) bond motifs is 1. The van der Waals surface area contributed by atoms with E-state index in [2.05, 4.69) is 75.4 Å². The summed E-state index contributed by atoms with van der Waals surface area (Å²) >= 11 is 0. The van der Waals surface area contributed by atoms with E-state index in [-0.39, 0.29) is 0 Å². The first kappa shape index (κ1) is 21.4. The van der Waals surface area contributed by atoms with E-state index < -0.39 is 0 Å². The first-order valence-electron chi connectivity index (χ1n) is 12.6. The predicted molar refractivity (Wildman–Crippen MR) is 132 cm³/mol. The molecule has 0 nitrogen and oxygen atoms in total. The Balaban J connectivity index is 1.37. The molecular weight excluding hydrogens is 360 g/mol. The highest BCUT2D eigenvalue weighted by molar-refractivity contribution is 5.91. The molecule has 0 bridgehead atoms. The Hall–Kier alpha value is -1.82. The second kappa shape index (κ2) is 9.99. The highest BCUT2D eigenvalue weighted by Crippen LogP contribution is 2.44. The van der Waals surface area contributed by atoms with E-state index >= 15 is 0 Å². The molecule has 0 heterocycles. The topological polar surface area (TPSA) is 0 Å². The molecule has 160 valence electrons. The normalized spacial score (nSPS) is 24.4. The minimum Gasteiger partial charge on any atom is -0.0654 e. The molecule has 0 N–H and O–H groups in total. The smallest absolute Gasteiger partial charge is 0.00730 e. The van der Waals surface area contributed by atoms with E-state index in [1.165, 1.54) is 80.1 Å². The van der Waals surface area contributed by atoms with Crippen molar-refractivity contribution in [3.63, 3.8) is 0 Å². The van der Waals surface area contributed by atoms with Crippen molar-refractivity contribution < 1.29 is 0 Å². The summed E-state index contributed by atoms with van der Waals surface area (Å²) in [5.74, 6) is 3.13. The minimum absolute atomic E-state index is 0.501. The number of hydrogen-bond acceptors (Lipinski definition) is 0. The van der Waals surface area contributed by atoms with Gasteiger partial charge in [0.25, 0.3) is 0 Å². The van der Waals surface area contributed by atoms with Gasteiger partial charge in [0.1, 0.15) is 0 Å². The quantitative estimate of drug-likeness (QED) is 0.387. The van der Waals surface area contributed by atoms with E-state index in [9.17, 15) is 0 Å². The molecule has 0 radical (unpaired) electrons. The molecule has 0 aromatic heterocycles. The maximum Gasteiger partial charge on any atom is 0.00730 e. The number of allylic oxidation sites excluding steroid dienone is 1.